The number of ketones is 1. The Morgan fingerprint density at radius 3 is 2.36 bits per heavy atom. The van der Waals surface area contributed by atoms with Crippen LogP contribution in [0.4, 0.5) is 8.78 Å². The van der Waals surface area contributed by atoms with Gasteiger partial charge in [-0.25, -0.2) is 8.78 Å². The Morgan fingerprint density at radius 2 is 1.79 bits per heavy atom. The predicted octanol–water partition coefficient (Wildman–Crippen LogP) is 6.41. The van der Waals surface area contributed by atoms with Crippen LogP contribution in [0, 0.1) is 0 Å². The van der Waals surface area contributed by atoms with Gasteiger partial charge in [-0.15, -0.1) is 0 Å². The van der Waals surface area contributed by atoms with Crippen molar-refractivity contribution in [2.45, 2.75) is 45.5 Å². The molecule has 0 saturated heterocycles. The first-order chi connectivity index (χ1) is 13.2. The molecule has 0 amide bonds. The van der Waals surface area contributed by atoms with Crippen molar-refractivity contribution >= 4 is 29.0 Å². The van der Waals surface area contributed by atoms with Crippen LogP contribution < -0.4 is 4.74 Å². The molecular formula is C21H22Cl2F2O3. The quantitative estimate of drug-likeness (QED) is 0.499. The van der Waals surface area contributed by atoms with E-state index < -0.39 is 18.6 Å². The van der Waals surface area contributed by atoms with E-state index in [2.05, 4.69) is 0 Å². The van der Waals surface area contributed by atoms with Crippen molar-refractivity contribution in [2.75, 3.05) is 6.61 Å². The monoisotopic (exact) mass is 430 g/mol. The highest BCUT2D eigenvalue weighted by Gasteiger charge is 2.14. The van der Waals surface area contributed by atoms with Crippen molar-refractivity contribution in [3.05, 3.63) is 57.1 Å². The molecule has 0 aromatic heterocycles. The Morgan fingerprint density at radius 1 is 1.14 bits per heavy atom. The average molecular weight is 431 g/mol. The number of ether oxygens (including phenoxy) is 1. The van der Waals surface area contributed by atoms with Crippen LogP contribution in [-0.2, 0) is 11.2 Å². The highest BCUT2D eigenvalue weighted by atomic mass is 35.5. The molecule has 0 bridgehead atoms. The molecule has 152 valence electrons. The van der Waals surface area contributed by atoms with Crippen LogP contribution in [0.2, 0.25) is 10.0 Å². The summed E-state index contributed by atoms with van der Waals surface area (Å²) in [6.07, 6.45) is -2.77. The first-order valence-electron chi connectivity index (χ1n) is 8.89. The molecule has 2 rings (SSSR count). The molecule has 28 heavy (non-hydrogen) atoms. The molecule has 0 atom stereocenters. The zero-order chi connectivity index (χ0) is 20.8. The standard InChI is InChI=1S/C21H22Cl2F2O3/c1-12(2)16-7-13(3-5-20(16)27)8-17-18(22)9-15(10-19(17)23)28-11-14(26)4-6-21(24)25/h3,5,7,9-10,12,21,27H,4,6,8,11H2,1-2H3. The minimum Gasteiger partial charge on any atom is -0.508 e. The Balaban J connectivity index is 2.10. The van der Waals surface area contributed by atoms with Crippen molar-refractivity contribution in [1.82, 2.24) is 0 Å². The van der Waals surface area contributed by atoms with Crippen LogP contribution in [0.5, 0.6) is 11.5 Å². The molecule has 0 heterocycles. The fourth-order valence-electron chi connectivity index (χ4n) is 2.72. The number of aromatic hydroxyl groups is 1. The zero-order valence-corrected chi connectivity index (χ0v) is 17.2. The highest BCUT2D eigenvalue weighted by molar-refractivity contribution is 6.36. The number of Topliss-reactive ketones (excluding diaryl/α,β-unsaturated/α-hetero) is 1. The van der Waals surface area contributed by atoms with Crippen LogP contribution in [-0.4, -0.2) is 23.9 Å². The molecule has 0 saturated carbocycles. The van der Waals surface area contributed by atoms with E-state index in [0.717, 1.165) is 11.1 Å². The Hall–Kier alpha value is -1.85. The number of hydrogen-bond acceptors (Lipinski definition) is 3. The summed E-state index contributed by atoms with van der Waals surface area (Å²) in [5.74, 6) is 0.306. The fraction of sp³-hybridized carbons (Fsp3) is 0.381. The van der Waals surface area contributed by atoms with E-state index in [9.17, 15) is 18.7 Å². The number of benzene rings is 2. The summed E-state index contributed by atoms with van der Waals surface area (Å²) in [4.78, 5) is 11.6. The number of carbonyl (C=O) groups excluding carboxylic acids is 1. The van der Waals surface area contributed by atoms with E-state index in [1.54, 1.807) is 24.3 Å². The van der Waals surface area contributed by atoms with Crippen molar-refractivity contribution in [1.29, 1.82) is 0 Å². The smallest absolute Gasteiger partial charge is 0.239 e. The van der Waals surface area contributed by atoms with Gasteiger partial charge in [0.05, 0.1) is 0 Å². The van der Waals surface area contributed by atoms with Crippen LogP contribution in [0.3, 0.4) is 0 Å². The summed E-state index contributed by atoms with van der Waals surface area (Å²) >= 11 is 12.7. The summed E-state index contributed by atoms with van der Waals surface area (Å²) in [6, 6.07) is 8.47. The summed E-state index contributed by atoms with van der Waals surface area (Å²) in [5, 5.41) is 10.7. The van der Waals surface area contributed by atoms with Gasteiger partial charge in [-0.1, -0.05) is 49.2 Å². The number of phenolic OH excluding ortho intramolecular Hbond substituents is 1. The second kappa shape index (κ2) is 10.1. The van der Waals surface area contributed by atoms with Gasteiger partial charge in [-0.2, -0.15) is 0 Å². The minimum absolute atomic E-state index is 0.171. The number of hydrogen-bond donors (Lipinski definition) is 1. The van der Waals surface area contributed by atoms with E-state index in [0.29, 0.717) is 27.8 Å². The molecule has 0 radical (unpaired) electrons. The van der Waals surface area contributed by atoms with Crippen LogP contribution in [0.1, 0.15) is 49.3 Å². The maximum Gasteiger partial charge on any atom is 0.239 e. The van der Waals surface area contributed by atoms with Crippen molar-refractivity contribution in [2.24, 2.45) is 0 Å². The lowest BCUT2D eigenvalue weighted by Gasteiger charge is -2.14. The fourth-order valence-corrected chi connectivity index (χ4v) is 3.32. The van der Waals surface area contributed by atoms with Crippen molar-refractivity contribution in [3.8, 4) is 11.5 Å². The summed E-state index contributed by atoms with van der Waals surface area (Å²) in [7, 11) is 0. The Labute approximate surface area is 173 Å². The van der Waals surface area contributed by atoms with E-state index in [4.69, 9.17) is 27.9 Å². The Kier molecular flexibility index (Phi) is 8.08. The number of rotatable bonds is 9. The molecule has 0 aliphatic rings. The predicted molar refractivity (Wildman–Crippen MR) is 107 cm³/mol. The van der Waals surface area contributed by atoms with Gasteiger partial charge in [-0.3, -0.25) is 4.79 Å². The van der Waals surface area contributed by atoms with Gasteiger partial charge in [-0.05, 0) is 40.8 Å². The van der Waals surface area contributed by atoms with E-state index in [1.807, 2.05) is 19.9 Å². The van der Waals surface area contributed by atoms with Gasteiger partial charge in [0.1, 0.15) is 18.1 Å². The molecular weight excluding hydrogens is 409 g/mol. The number of carbonyl (C=O) groups is 1. The second-order valence-corrected chi connectivity index (χ2v) is 7.66. The third kappa shape index (κ3) is 6.35. The molecule has 7 heteroatoms. The molecule has 2 aromatic carbocycles. The first-order valence-corrected chi connectivity index (χ1v) is 9.65. The maximum absolute atomic E-state index is 12.1. The molecule has 0 fully saturated rings. The molecule has 3 nitrogen and oxygen atoms in total. The third-order valence-electron chi connectivity index (χ3n) is 4.25. The lowest BCUT2D eigenvalue weighted by atomic mass is 9.96. The van der Waals surface area contributed by atoms with Gasteiger partial charge in [0, 0.05) is 29.3 Å². The first kappa shape index (κ1) is 22.4. The number of phenols is 1. The summed E-state index contributed by atoms with van der Waals surface area (Å²) in [6.45, 7) is 3.68. The number of halogens is 4. The third-order valence-corrected chi connectivity index (χ3v) is 4.93. The highest BCUT2D eigenvalue weighted by Crippen LogP contribution is 2.34. The van der Waals surface area contributed by atoms with Crippen LogP contribution >= 0.6 is 23.2 Å². The van der Waals surface area contributed by atoms with Gasteiger partial charge >= 0.3 is 0 Å². The SMILES string of the molecule is CC(C)c1cc(Cc2c(Cl)cc(OCC(=O)CCC(F)F)cc2Cl)ccc1O. The van der Waals surface area contributed by atoms with Gasteiger partial charge in [0.2, 0.25) is 6.43 Å². The van der Waals surface area contributed by atoms with Crippen LogP contribution in [0.15, 0.2) is 30.3 Å². The molecule has 0 unspecified atom stereocenters. The summed E-state index contributed by atoms with van der Waals surface area (Å²) in [5.41, 5.74) is 2.48. The van der Waals surface area contributed by atoms with E-state index in [1.165, 1.54) is 0 Å². The molecule has 1 N–H and O–H groups in total. The van der Waals surface area contributed by atoms with Crippen LogP contribution in [0.25, 0.3) is 0 Å². The Bertz CT molecular complexity index is 815. The molecule has 0 aliphatic carbocycles. The molecule has 0 aliphatic heterocycles. The molecule has 2 aromatic rings. The average Bonchev–Trinajstić information content (AvgIpc) is 2.62. The zero-order valence-electron chi connectivity index (χ0n) is 15.6. The van der Waals surface area contributed by atoms with Gasteiger partial charge in [0.15, 0.2) is 5.78 Å². The topological polar surface area (TPSA) is 46.5 Å². The van der Waals surface area contributed by atoms with Gasteiger partial charge < -0.3 is 9.84 Å². The molecule has 0 spiro atoms. The van der Waals surface area contributed by atoms with Crippen molar-refractivity contribution in [3.63, 3.8) is 0 Å². The largest absolute Gasteiger partial charge is 0.508 e. The lowest BCUT2D eigenvalue weighted by Crippen LogP contribution is -2.12. The minimum atomic E-state index is -2.51. The lowest BCUT2D eigenvalue weighted by molar-refractivity contribution is -0.121. The normalized spacial score (nSPS) is 11.3. The second-order valence-electron chi connectivity index (χ2n) is 6.85. The van der Waals surface area contributed by atoms with E-state index >= 15 is 0 Å². The van der Waals surface area contributed by atoms with Gasteiger partial charge in [0.25, 0.3) is 0 Å². The maximum atomic E-state index is 12.1. The van der Waals surface area contributed by atoms with E-state index in [-0.39, 0.29) is 24.7 Å². The van der Waals surface area contributed by atoms with Crippen molar-refractivity contribution < 1.29 is 23.4 Å². The number of alkyl halides is 2. The summed E-state index contributed by atoms with van der Waals surface area (Å²) < 4.78 is 29.6.